The molecule has 6 heteroatoms. The largest absolute Gasteiger partial charge is 0.361 e. The quantitative estimate of drug-likeness (QED) is 0.701. The lowest BCUT2D eigenvalue weighted by atomic mass is 9.90. The van der Waals surface area contributed by atoms with Gasteiger partial charge < -0.3 is 15.0 Å². The Kier molecular flexibility index (Phi) is 6.18. The molecule has 0 radical (unpaired) electrons. The lowest BCUT2D eigenvalue weighted by Crippen LogP contribution is -2.62. The standard InChI is InChI=1S/C25H29N3O3/c1-3-10-27-24(30)25(17-28(12-13-31-25)23(29)22-14-18(22)2)15-19-6-8-20(9-7-19)21-5-4-11-26-16-21/h3-9,11,16,18,22H,1,10,12-15,17H2,2H3,(H,27,30). The first-order chi connectivity index (χ1) is 15.0. The summed E-state index contributed by atoms with van der Waals surface area (Å²) in [5.74, 6) is 0.457. The molecule has 3 atom stereocenters. The number of pyridine rings is 1. The number of carbonyl (C=O) groups is 2. The van der Waals surface area contributed by atoms with E-state index in [1.807, 2.05) is 47.5 Å². The van der Waals surface area contributed by atoms with Gasteiger partial charge in [-0.1, -0.05) is 43.3 Å². The number of benzene rings is 1. The van der Waals surface area contributed by atoms with E-state index in [2.05, 4.69) is 23.8 Å². The summed E-state index contributed by atoms with van der Waals surface area (Å²) in [7, 11) is 0. The zero-order valence-electron chi connectivity index (χ0n) is 17.9. The Morgan fingerprint density at radius 2 is 2.06 bits per heavy atom. The highest BCUT2D eigenvalue weighted by atomic mass is 16.5. The SMILES string of the molecule is C=CCNC(=O)C1(Cc2ccc(-c3cccnc3)cc2)CN(C(=O)C2CC2C)CCO1. The molecule has 1 aliphatic heterocycles. The molecule has 1 aromatic heterocycles. The molecule has 6 nitrogen and oxygen atoms in total. The Balaban J connectivity index is 1.55. The number of aromatic nitrogens is 1. The molecule has 1 aromatic carbocycles. The smallest absolute Gasteiger partial charge is 0.254 e. The lowest BCUT2D eigenvalue weighted by molar-refractivity contribution is -0.166. The molecule has 4 rings (SSSR count). The van der Waals surface area contributed by atoms with Crippen molar-refractivity contribution in [3.05, 3.63) is 67.0 Å². The highest BCUT2D eigenvalue weighted by Crippen LogP contribution is 2.40. The normalized spacial score (nSPS) is 25.0. The minimum absolute atomic E-state index is 0.0887. The van der Waals surface area contributed by atoms with Gasteiger partial charge in [-0.25, -0.2) is 0 Å². The van der Waals surface area contributed by atoms with E-state index in [1.54, 1.807) is 12.3 Å². The Morgan fingerprint density at radius 3 is 2.71 bits per heavy atom. The van der Waals surface area contributed by atoms with Crippen LogP contribution in [0.4, 0.5) is 0 Å². The molecule has 2 aliphatic rings. The number of hydrogen-bond donors (Lipinski definition) is 1. The van der Waals surface area contributed by atoms with Gasteiger partial charge in [0.25, 0.3) is 5.91 Å². The molecule has 2 heterocycles. The fraction of sp³-hybridized carbons (Fsp3) is 0.400. The summed E-state index contributed by atoms with van der Waals surface area (Å²) >= 11 is 0. The van der Waals surface area contributed by atoms with Crippen LogP contribution in [-0.2, 0) is 20.7 Å². The van der Waals surface area contributed by atoms with Crippen molar-refractivity contribution in [1.82, 2.24) is 15.2 Å². The van der Waals surface area contributed by atoms with Gasteiger partial charge in [0.15, 0.2) is 5.60 Å². The van der Waals surface area contributed by atoms with Gasteiger partial charge in [-0.15, -0.1) is 6.58 Å². The second kappa shape index (κ2) is 9.02. The number of carbonyl (C=O) groups excluding carboxylic acids is 2. The van der Waals surface area contributed by atoms with E-state index in [9.17, 15) is 9.59 Å². The van der Waals surface area contributed by atoms with Gasteiger partial charge in [0.1, 0.15) is 0 Å². The number of ether oxygens (including phenoxy) is 1. The monoisotopic (exact) mass is 419 g/mol. The van der Waals surface area contributed by atoms with Crippen molar-refractivity contribution in [2.24, 2.45) is 11.8 Å². The molecule has 2 aromatic rings. The second-order valence-corrected chi connectivity index (χ2v) is 8.54. The maximum Gasteiger partial charge on any atom is 0.254 e. The van der Waals surface area contributed by atoms with Crippen molar-refractivity contribution >= 4 is 11.8 Å². The van der Waals surface area contributed by atoms with Crippen LogP contribution in [0, 0.1) is 11.8 Å². The van der Waals surface area contributed by atoms with Crippen molar-refractivity contribution in [1.29, 1.82) is 0 Å². The van der Waals surface area contributed by atoms with Gasteiger partial charge in [0.05, 0.1) is 13.2 Å². The molecule has 31 heavy (non-hydrogen) atoms. The van der Waals surface area contributed by atoms with Gasteiger partial charge in [0.2, 0.25) is 5.91 Å². The van der Waals surface area contributed by atoms with Gasteiger partial charge in [0, 0.05) is 37.8 Å². The molecule has 1 N–H and O–H groups in total. The van der Waals surface area contributed by atoms with Crippen LogP contribution in [0.1, 0.15) is 18.9 Å². The molecule has 2 fully saturated rings. The summed E-state index contributed by atoms with van der Waals surface area (Å²) in [6.07, 6.45) is 6.55. The second-order valence-electron chi connectivity index (χ2n) is 8.54. The first-order valence-corrected chi connectivity index (χ1v) is 10.8. The minimum Gasteiger partial charge on any atom is -0.361 e. The zero-order valence-corrected chi connectivity index (χ0v) is 17.9. The molecular formula is C25H29N3O3. The minimum atomic E-state index is -1.11. The van der Waals surface area contributed by atoms with Crippen LogP contribution in [0.5, 0.6) is 0 Å². The zero-order chi connectivity index (χ0) is 21.8. The fourth-order valence-corrected chi connectivity index (χ4v) is 4.20. The number of amides is 2. The summed E-state index contributed by atoms with van der Waals surface area (Å²) in [6, 6.07) is 12.0. The van der Waals surface area contributed by atoms with Crippen molar-refractivity contribution in [3.63, 3.8) is 0 Å². The number of hydrogen-bond acceptors (Lipinski definition) is 4. The third-order valence-corrected chi connectivity index (χ3v) is 6.18. The van der Waals surface area contributed by atoms with E-state index in [-0.39, 0.29) is 24.3 Å². The van der Waals surface area contributed by atoms with Crippen molar-refractivity contribution in [2.75, 3.05) is 26.2 Å². The van der Waals surface area contributed by atoms with E-state index >= 15 is 0 Å². The molecule has 1 saturated carbocycles. The van der Waals surface area contributed by atoms with Gasteiger partial charge >= 0.3 is 0 Å². The Bertz CT molecular complexity index is 944. The molecule has 3 unspecified atom stereocenters. The third-order valence-electron chi connectivity index (χ3n) is 6.18. The maximum absolute atomic E-state index is 13.2. The predicted octanol–water partition coefficient (Wildman–Crippen LogP) is 2.85. The van der Waals surface area contributed by atoms with E-state index < -0.39 is 5.60 Å². The summed E-state index contributed by atoms with van der Waals surface area (Å²) < 4.78 is 6.10. The van der Waals surface area contributed by atoms with Crippen LogP contribution >= 0.6 is 0 Å². The van der Waals surface area contributed by atoms with Crippen molar-refractivity contribution in [3.8, 4) is 11.1 Å². The molecular weight excluding hydrogens is 390 g/mol. The van der Waals surface area contributed by atoms with Crippen LogP contribution in [-0.4, -0.2) is 53.5 Å². The summed E-state index contributed by atoms with van der Waals surface area (Å²) in [5.41, 5.74) is 1.98. The summed E-state index contributed by atoms with van der Waals surface area (Å²) in [5, 5.41) is 2.89. The number of nitrogens with zero attached hydrogens (tertiary/aromatic N) is 2. The van der Waals surface area contributed by atoms with Crippen LogP contribution in [0.2, 0.25) is 0 Å². The van der Waals surface area contributed by atoms with Gasteiger partial charge in [-0.05, 0) is 35.1 Å². The van der Waals surface area contributed by atoms with Crippen molar-refractivity contribution < 1.29 is 14.3 Å². The van der Waals surface area contributed by atoms with E-state index in [0.717, 1.165) is 23.1 Å². The van der Waals surface area contributed by atoms with Gasteiger partial charge in [-0.2, -0.15) is 0 Å². The Morgan fingerprint density at radius 1 is 1.29 bits per heavy atom. The van der Waals surface area contributed by atoms with Crippen LogP contribution < -0.4 is 5.32 Å². The highest BCUT2D eigenvalue weighted by molar-refractivity contribution is 5.88. The first kappa shape index (κ1) is 21.2. The van der Waals surface area contributed by atoms with Gasteiger partial charge in [-0.3, -0.25) is 14.6 Å². The average Bonchev–Trinajstić information content (AvgIpc) is 3.54. The summed E-state index contributed by atoms with van der Waals surface area (Å²) in [4.78, 5) is 32.0. The molecule has 0 spiro atoms. The van der Waals surface area contributed by atoms with Crippen LogP contribution in [0.15, 0.2) is 61.4 Å². The lowest BCUT2D eigenvalue weighted by Gasteiger charge is -2.42. The molecule has 0 bridgehead atoms. The average molecular weight is 420 g/mol. The van der Waals surface area contributed by atoms with Crippen LogP contribution in [0.25, 0.3) is 11.1 Å². The number of nitrogens with one attached hydrogen (secondary N) is 1. The molecule has 162 valence electrons. The Labute approximate surface area is 183 Å². The Hall–Kier alpha value is -2.99. The highest BCUT2D eigenvalue weighted by Gasteiger charge is 2.48. The van der Waals surface area contributed by atoms with Crippen molar-refractivity contribution in [2.45, 2.75) is 25.4 Å². The fourth-order valence-electron chi connectivity index (χ4n) is 4.20. The predicted molar refractivity (Wildman–Crippen MR) is 119 cm³/mol. The maximum atomic E-state index is 13.2. The third kappa shape index (κ3) is 4.69. The molecule has 1 aliphatic carbocycles. The first-order valence-electron chi connectivity index (χ1n) is 10.8. The van der Waals surface area contributed by atoms with Crippen LogP contribution in [0.3, 0.4) is 0 Å². The summed E-state index contributed by atoms with van der Waals surface area (Å²) in [6.45, 7) is 7.28. The number of rotatable bonds is 7. The molecule has 1 saturated heterocycles. The van der Waals surface area contributed by atoms with E-state index in [4.69, 9.17) is 4.74 Å². The topological polar surface area (TPSA) is 71.5 Å². The number of morpholine rings is 1. The molecule has 2 amide bonds. The van der Waals surface area contributed by atoms with E-state index in [0.29, 0.717) is 32.0 Å². The van der Waals surface area contributed by atoms with E-state index in [1.165, 1.54) is 0 Å².